The highest BCUT2D eigenvalue weighted by atomic mass is 35.5. The van der Waals surface area contributed by atoms with Crippen molar-refractivity contribution >= 4 is 18.3 Å². The zero-order valence-corrected chi connectivity index (χ0v) is 14.8. The quantitative estimate of drug-likeness (QED) is 0.910. The first-order valence-electron chi connectivity index (χ1n) is 7.49. The third kappa shape index (κ3) is 4.01. The Kier molecular flexibility index (Phi) is 6.15. The molecule has 1 aliphatic heterocycles. The van der Waals surface area contributed by atoms with Crippen molar-refractivity contribution in [2.24, 2.45) is 11.1 Å². The summed E-state index contributed by atoms with van der Waals surface area (Å²) in [7, 11) is 0. The van der Waals surface area contributed by atoms with Gasteiger partial charge in [-0.05, 0) is 25.7 Å². The Hall–Kier alpha value is -1.21. The SMILES string of the molecule is Cc1nn(C(F)F)c(C)c1CC(=O)N1CCC(N)C(C)(C)C1.Cl. The van der Waals surface area contributed by atoms with E-state index in [0.29, 0.717) is 34.7 Å². The fraction of sp³-hybridized carbons (Fsp3) is 0.733. The average Bonchev–Trinajstić information content (AvgIpc) is 2.69. The molecule has 2 rings (SSSR count). The summed E-state index contributed by atoms with van der Waals surface area (Å²) < 4.78 is 26.4. The van der Waals surface area contributed by atoms with Gasteiger partial charge in [0.1, 0.15) is 0 Å². The summed E-state index contributed by atoms with van der Waals surface area (Å²) in [6.07, 6.45) is 0.864. The van der Waals surface area contributed by atoms with Crippen LogP contribution in [0, 0.1) is 19.3 Å². The van der Waals surface area contributed by atoms with Crippen LogP contribution in [-0.2, 0) is 11.2 Å². The summed E-state index contributed by atoms with van der Waals surface area (Å²) in [5.74, 6) is -0.0556. The van der Waals surface area contributed by atoms with E-state index in [-0.39, 0.29) is 36.2 Å². The van der Waals surface area contributed by atoms with Crippen molar-refractivity contribution < 1.29 is 13.6 Å². The van der Waals surface area contributed by atoms with E-state index in [9.17, 15) is 13.6 Å². The summed E-state index contributed by atoms with van der Waals surface area (Å²) in [4.78, 5) is 14.3. The van der Waals surface area contributed by atoms with Gasteiger partial charge in [0.15, 0.2) is 0 Å². The molecule has 0 saturated carbocycles. The van der Waals surface area contributed by atoms with Crippen molar-refractivity contribution in [3.8, 4) is 0 Å². The predicted octanol–water partition coefficient (Wildman–Crippen LogP) is 2.45. The number of rotatable bonds is 3. The summed E-state index contributed by atoms with van der Waals surface area (Å²) in [5, 5.41) is 3.82. The van der Waals surface area contributed by atoms with Gasteiger partial charge in [-0.25, -0.2) is 4.68 Å². The molecule has 0 bridgehead atoms. The lowest BCUT2D eigenvalue weighted by Crippen LogP contribution is -2.54. The smallest absolute Gasteiger partial charge is 0.333 e. The van der Waals surface area contributed by atoms with Gasteiger partial charge < -0.3 is 10.6 Å². The molecule has 1 atom stereocenters. The average molecular weight is 351 g/mol. The molecule has 0 radical (unpaired) electrons. The number of halogens is 3. The Labute approximate surface area is 141 Å². The van der Waals surface area contributed by atoms with Crippen molar-refractivity contribution in [3.63, 3.8) is 0 Å². The number of hydrogen-bond acceptors (Lipinski definition) is 3. The van der Waals surface area contributed by atoms with Gasteiger partial charge in [-0.15, -0.1) is 12.4 Å². The Morgan fingerprint density at radius 3 is 2.52 bits per heavy atom. The molecule has 1 amide bonds. The van der Waals surface area contributed by atoms with Crippen LogP contribution in [0.5, 0.6) is 0 Å². The van der Waals surface area contributed by atoms with Crippen molar-refractivity contribution in [2.75, 3.05) is 13.1 Å². The Morgan fingerprint density at radius 2 is 2.04 bits per heavy atom. The first kappa shape index (κ1) is 19.8. The summed E-state index contributed by atoms with van der Waals surface area (Å²) >= 11 is 0. The van der Waals surface area contributed by atoms with Crippen molar-refractivity contribution in [2.45, 2.75) is 53.1 Å². The Morgan fingerprint density at radius 1 is 1.43 bits per heavy atom. The molecule has 23 heavy (non-hydrogen) atoms. The van der Waals surface area contributed by atoms with Gasteiger partial charge in [-0.3, -0.25) is 4.79 Å². The largest absolute Gasteiger partial charge is 0.342 e. The lowest BCUT2D eigenvalue weighted by molar-refractivity contribution is -0.133. The van der Waals surface area contributed by atoms with E-state index in [1.54, 1.807) is 18.7 Å². The second-order valence-corrected chi connectivity index (χ2v) is 6.75. The first-order chi connectivity index (χ1) is 10.1. The number of carbonyl (C=O) groups excluding carboxylic acids is 1. The van der Waals surface area contributed by atoms with Crippen LogP contribution < -0.4 is 5.73 Å². The zero-order valence-electron chi connectivity index (χ0n) is 14.0. The topological polar surface area (TPSA) is 64.2 Å². The number of piperidine rings is 1. The van der Waals surface area contributed by atoms with Crippen LogP contribution in [0.15, 0.2) is 0 Å². The third-order valence-electron chi connectivity index (χ3n) is 4.65. The van der Waals surface area contributed by atoms with Gasteiger partial charge in [0.05, 0.1) is 12.1 Å². The van der Waals surface area contributed by atoms with Crippen LogP contribution in [0.2, 0.25) is 0 Å². The van der Waals surface area contributed by atoms with Gasteiger partial charge in [-0.2, -0.15) is 13.9 Å². The van der Waals surface area contributed by atoms with E-state index in [4.69, 9.17) is 5.73 Å². The molecule has 1 saturated heterocycles. The number of hydrogen-bond donors (Lipinski definition) is 1. The molecular weight excluding hydrogens is 326 g/mol. The van der Waals surface area contributed by atoms with Gasteiger partial charge in [0, 0.05) is 30.4 Å². The van der Waals surface area contributed by atoms with Crippen LogP contribution in [0.1, 0.15) is 43.8 Å². The van der Waals surface area contributed by atoms with E-state index in [2.05, 4.69) is 5.10 Å². The minimum Gasteiger partial charge on any atom is -0.342 e. The molecule has 1 fully saturated rings. The molecule has 0 spiro atoms. The number of amides is 1. The van der Waals surface area contributed by atoms with Crippen LogP contribution in [0.3, 0.4) is 0 Å². The lowest BCUT2D eigenvalue weighted by atomic mass is 9.79. The summed E-state index contributed by atoms with van der Waals surface area (Å²) in [6.45, 7) is 5.84. The molecule has 1 aromatic rings. The minimum atomic E-state index is -2.69. The lowest BCUT2D eigenvalue weighted by Gasteiger charge is -2.42. The van der Waals surface area contributed by atoms with Crippen LogP contribution in [0.25, 0.3) is 0 Å². The van der Waals surface area contributed by atoms with Crippen molar-refractivity contribution in [1.29, 1.82) is 0 Å². The molecule has 0 aromatic carbocycles. The van der Waals surface area contributed by atoms with E-state index < -0.39 is 6.55 Å². The highest BCUT2D eigenvalue weighted by Gasteiger charge is 2.35. The zero-order chi connectivity index (χ0) is 16.7. The van der Waals surface area contributed by atoms with E-state index >= 15 is 0 Å². The molecule has 8 heteroatoms. The molecule has 132 valence electrons. The molecule has 1 aromatic heterocycles. The third-order valence-corrected chi connectivity index (χ3v) is 4.65. The van der Waals surface area contributed by atoms with E-state index in [0.717, 1.165) is 6.42 Å². The molecule has 1 unspecified atom stereocenters. The van der Waals surface area contributed by atoms with E-state index in [1.807, 2.05) is 13.8 Å². The molecule has 1 aliphatic rings. The van der Waals surface area contributed by atoms with E-state index in [1.165, 1.54) is 0 Å². The predicted molar refractivity (Wildman–Crippen MR) is 86.9 cm³/mol. The highest BCUT2D eigenvalue weighted by Crippen LogP contribution is 2.28. The first-order valence-corrected chi connectivity index (χ1v) is 7.49. The Balaban J connectivity index is 0.00000264. The monoisotopic (exact) mass is 350 g/mol. The van der Waals surface area contributed by atoms with Gasteiger partial charge in [0.2, 0.25) is 5.91 Å². The normalized spacial score (nSPS) is 20.5. The summed E-state index contributed by atoms with van der Waals surface area (Å²) in [5.41, 5.74) is 7.38. The fourth-order valence-electron chi connectivity index (χ4n) is 2.99. The second kappa shape index (κ2) is 7.13. The van der Waals surface area contributed by atoms with Crippen LogP contribution in [-0.4, -0.2) is 39.7 Å². The number of aromatic nitrogens is 2. The van der Waals surface area contributed by atoms with Crippen molar-refractivity contribution in [1.82, 2.24) is 14.7 Å². The minimum absolute atomic E-state index is 0. The second-order valence-electron chi connectivity index (χ2n) is 6.75. The molecule has 0 aliphatic carbocycles. The number of nitrogens with zero attached hydrogens (tertiary/aromatic N) is 3. The molecule has 2 N–H and O–H groups in total. The number of alkyl halides is 2. The van der Waals surface area contributed by atoms with Gasteiger partial charge >= 0.3 is 6.55 Å². The van der Waals surface area contributed by atoms with Crippen molar-refractivity contribution in [3.05, 3.63) is 17.0 Å². The number of nitrogens with two attached hydrogens (primary N) is 1. The maximum Gasteiger partial charge on any atom is 0.333 e. The highest BCUT2D eigenvalue weighted by molar-refractivity contribution is 5.85. The summed E-state index contributed by atoms with van der Waals surface area (Å²) in [6, 6.07) is 0.0709. The van der Waals surface area contributed by atoms with Crippen LogP contribution in [0.4, 0.5) is 8.78 Å². The number of aryl methyl sites for hydroxylation is 1. The maximum atomic E-state index is 12.8. The van der Waals surface area contributed by atoms with Gasteiger partial charge in [0.25, 0.3) is 0 Å². The number of likely N-dealkylation sites (tertiary alicyclic amines) is 1. The maximum absolute atomic E-state index is 12.8. The molecular formula is C15H25ClF2N4O. The van der Waals surface area contributed by atoms with Gasteiger partial charge in [-0.1, -0.05) is 13.8 Å². The Bertz CT molecular complexity index is 574. The fourth-order valence-corrected chi connectivity index (χ4v) is 2.99. The number of carbonyl (C=O) groups is 1. The molecule has 5 nitrogen and oxygen atoms in total. The van der Waals surface area contributed by atoms with Crippen LogP contribution >= 0.6 is 12.4 Å². The molecule has 2 heterocycles. The standard InChI is InChI=1S/C15H24F2N4O.ClH/c1-9-11(10(2)21(19-9)14(16)17)7-13(22)20-6-5-12(18)15(3,4)8-20;/h12,14H,5-8,18H2,1-4H3;1H.